The zero-order valence-corrected chi connectivity index (χ0v) is 12.2. The van der Waals surface area contributed by atoms with Gasteiger partial charge in [-0.15, -0.1) is 0 Å². The molecule has 20 heavy (non-hydrogen) atoms. The smallest absolute Gasteiger partial charge is 0.241 e. The molecule has 3 heterocycles. The van der Waals surface area contributed by atoms with Crippen molar-refractivity contribution in [2.24, 2.45) is 0 Å². The molecular weight excluding hydrogens is 296 g/mol. The second-order valence-corrected chi connectivity index (χ2v) is 5.21. The predicted octanol–water partition coefficient (Wildman–Crippen LogP) is 2.69. The van der Waals surface area contributed by atoms with Gasteiger partial charge in [0.15, 0.2) is 0 Å². The van der Waals surface area contributed by atoms with Crippen LogP contribution in [0.15, 0.2) is 29.5 Å². The molecule has 0 saturated carbocycles. The van der Waals surface area contributed by atoms with Gasteiger partial charge in [0, 0.05) is 18.9 Å². The monoisotopic (exact) mass is 306 g/mol. The van der Waals surface area contributed by atoms with Gasteiger partial charge in [0.25, 0.3) is 0 Å². The van der Waals surface area contributed by atoms with Gasteiger partial charge in [-0.2, -0.15) is 26.3 Å². The lowest BCUT2D eigenvalue weighted by molar-refractivity contribution is 0.888. The lowest BCUT2D eigenvalue weighted by Gasteiger charge is -2.06. The first-order chi connectivity index (χ1) is 9.72. The first-order valence-corrected chi connectivity index (χ1v) is 7.20. The first-order valence-electron chi connectivity index (χ1n) is 5.88. The molecule has 0 unspecified atom stereocenters. The molecule has 0 aliphatic heterocycles. The van der Waals surface area contributed by atoms with Crippen LogP contribution in [0.5, 0.6) is 0 Å². The van der Waals surface area contributed by atoms with Crippen molar-refractivity contribution >= 4 is 28.9 Å². The van der Waals surface area contributed by atoms with Gasteiger partial charge in [0.05, 0.1) is 0 Å². The molecule has 3 aromatic heterocycles. The Balaban J connectivity index is 1.81. The zero-order chi connectivity index (χ0) is 13.9. The number of imidazole rings is 1. The van der Waals surface area contributed by atoms with E-state index in [1.54, 1.807) is 34.6 Å². The van der Waals surface area contributed by atoms with E-state index in [-0.39, 0.29) is 5.28 Å². The van der Waals surface area contributed by atoms with Crippen LogP contribution in [0.3, 0.4) is 0 Å². The minimum absolute atomic E-state index is 0.147. The van der Waals surface area contributed by atoms with Gasteiger partial charge in [-0.1, -0.05) is 0 Å². The number of aryl methyl sites for hydroxylation is 1. The van der Waals surface area contributed by atoms with E-state index in [2.05, 4.69) is 42.9 Å². The van der Waals surface area contributed by atoms with Crippen molar-refractivity contribution in [2.45, 2.75) is 13.5 Å². The number of nitrogens with zero attached hydrogens (tertiary/aromatic N) is 5. The van der Waals surface area contributed by atoms with Crippen molar-refractivity contribution in [3.8, 4) is 5.95 Å². The molecule has 0 aliphatic carbocycles. The molecule has 8 heteroatoms. The van der Waals surface area contributed by atoms with Crippen molar-refractivity contribution < 1.29 is 0 Å². The van der Waals surface area contributed by atoms with Crippen molar-refractivity contribution in [2.75, 3.05) is 5.32 Å². The molecule has 0 saturated heterocycles. The fourth-order valence-electron chi connectivity index (χ4n) is 1.65. The van der Waals surface area contributed by atoms with E-state index in [4.69, 9.17) is 11.6 Å². The summed E-state index contributed by atoms with van der Waals surface area (Å²) in [7, 11) is 0. The molecule has 0 radical (unpaired) electrons. The molecule has 0 atom stereocenters. The van der Waals surface area contributed by atoms with Crippen LogP contribution in [0.25, 0.3) is 5.95 Å². The third kappa shape index (κ3) is 2.78. The summed E-state index contributed by atoms with van der Waals surface area (Å²) in [6.07, 6.45) is 5.01. The number of thiophene rings is 1. The molecule has 1 N–H and O–H groups in total. The summed E-state index contributed by atoms with van der Waals surface area (Å²) < 4.78 is 1.68. The van der Waals surface area contributed by atoms with Gasteiger partial charge < -0.3 is 5.32 Å². The molecular formula is C12H11ClN6S. The maximum atomic E-state index is 5.92. The van der Waals surface area contributed by atoms with E-state index < -0.39 is 0 Å². The highest BCUT2D eigenvalue weighted by atomic mass is 35.5. The normalized spacial score (nSPS) is 10.7. The standard InChI is InChI=1S/C12H11ClN6S/c1-8-5-20-6-9(8)4-15-11-16-10(13)17-12(18-11)19-3-2-14-7-19/h2-3,5-7H,4H2,1H3,(H,15,16,17,18). The van der Waals surface area contributed by atoms with Crippen LogP contribution in [0.1, 0.15) is 11.1 Å². The summed E-state index contributed by atoms with van der Waals surface area (Å²) in [4.78, 5) is 16.4. The average molecular weight is 307 g/mol. The number of anilines is 1. The molecule has 3 rings (SSSR count). The summed E-state index contributed by atoms with van der Waals surface area (Å²) in [5.74, 6) is 0.881. The summed E-state index contributed by atoms with van der Waals surface area (Å²) >= 11 is 7.60. The number of rotatable bonds is 4. The highest BCUT2D eigenvalue weighted by Gasteiger charge is 2.07. The summed E-state index contributed by atoms with van der Waals surface area (Å²) in [5, 5.41) is 7.51. The predicted molar refractivity (Wildman–Crippen MR) is 78.3 cm³/mol. The molecule has 0 spiro atoms. The molecule has 0 bridgehead atoms. The van der Waals surface area contributed by atoms with Crippen LogP contribution >= 0.6 is 22.9 Å². The van der Waals surface area contributed by atoms with Gasteiger partial charge in [0.1, 0.15) is 6.33 Å². The molecule has 3 aromatic rings. The average Bonchev–Trinajstić information content (AvgIpc) is 3.07. The van der Waals surface area contributed by atoms with E-state index in [9.17, 15) is 0 Å². The van der Waals surface area contributed by atoms with Crippen LogP contribution in [-0.4, -0.2) is 24.5 Å². The lowest BCUT2D eigenvalue weighted by atomic mass is 10.2. The number of hydrogen-bond donors (Lipinski definition) is 1. The van der Waals surface area contributed by atoms with E-state index in [1.807, 2.05) is 0 Å². The molecule has 0 fully saturated rings. The Bertz CT molecular complexity index is 709. The van der Waals surface area contributed by atoms with Crippen molar-refractivity contribution in [3.05, 3.63) is 45.9 Å². The van der Waals surface area contributed by atoms with Crippen molar-refractivity contribution in [3.63, 3.8) is 0 Å². The third-order valence-electron chi connectivity index (χ3n) is 2.73. The SMILES string of the molecule is Cc1cscc1CNc1nc(Cl)nc(-n2ccnc2)n1. The van der Waals surface area contributed by atoms with Gasteiger partial charge in [-0.3, -0.25) is 4.57 Å². The Hall–Kier alpha value is -1.99. The molecule has 6 nitrogen and oxygen atoms in total. The lowest BCUT2D eigenvalue weighted by Crippen LogP contribution is -2.08. The maximum Gasteiger partial charge on any atom is 0.241 e. The van der Waals surface area contributed by atoms with Gasteiger partial charge in [-0.05, 0) is 40.4 Å². The number of halogens is 1. The zero-order valence-electron chi connectivity index (χ0n) is 10.6. The topological polar surface area (TPSA) is 68.5 Å². The maximum absolute atomic E-state index is 5.92. The quantitative estimate of drug-likeness (QED) is 0.802. The highest BCUT2D eigenvalue weighted by molar-refractivity contribution is 7.08. The third-order valence-corrected chi connectivity index (χ3v) is 3.81. The second-order valence-electron chi connectivity index (χ2n) is 4.13. The van der Waals surface area contributed by atoms with Crippen LogP contribution < -0.4 is 5.32 Å². The summed E-state index contributed by atoms with van der Waals surface area (Å²) in [6, 6.07) is 0. The van der Waals surface area contributed by atoms with E-state index >= 15 is 0 Å². The molecule has 0 aromatic carbocycles. The van der Waals surface area contributed by atoms with E-state index in [0.29, 0.717) is 18.4 Å². The van der Waals surface area contributed by atoms with Gasteiger partial charge in [0.2, 0.25) is 17.2 Å². The molecule has 0 amide bonds. The van der Waals surface area contributed by atoms with Gasteiger partial charge in [-0.25, -0.2) is 4.98 Å². The fraction of sp³-hybridized carbons (Fsp3) is 0.167. The second kappa shape index (κ2) is 5.56. The Labute approximate surface area is 124 Å². The number of hydrogen-bond acceptors (Lipinski definition) is 6. The Morgan fingerprint density at radius 3 is 2.90 bits per heavy atom. The Kier molecular flexibility index (Phi) is 3.62. The van der Waals surface area contributed by atoms with Crippen LogP contribution in [0, 0.1) is 6.92 Å². The summed E-state index contributed by atoms with van der Waals surface area (Å²) in [6.45, 7) is 2.73. The number of nitrogens with one attached hydrogen (secondary N) is 1. The highest BCUT2D eigenvalue weighted by Crippen LogP contribution is 2.15. The van der Waals surface area contributed by atoms with Crippen LogP contribution in [-0.2, 0) is 6.54 Å². The summed E-state index contributed by atoms with van der Waals surface area (Å²) in [5.41, 5.74) is 2.47. The fourth-order valence-corrected chi connectivity index (χ4v) is 2.67. The van der Waals surface area contributed by atoms with E-state index in [1.165, 1.54) is 11.1 Å². The van der Waals surface area contributed by atoms with Gasteiger partial charge >= 0.3 is 0 Å². The van der Waals surface area contributed by atoms with E-state index in [0.717, 1.165) is 0 Å². The Morgan fingerprint density at radius 1 is 1.30 bits per heavy atom. The Morgan fingerprint density at radius 2 is 2.20 bits per heavy atom. The van der Waals surface area contributed by atoms with Crippen LogP contribution in [0.2, 0.25) is 5.28 Å². The minimum atomic E-state index is 0.147. The number of aromatic nitrogens is 5. The molecule has 102 valence electrons. The largest absolute Gasteiger partial charge is 0.350 e. The van der Waals surface area contributed by atoms with Crippen molar-refractivity contribution in [1.82, 2.24) is 24.5 Å². The molecule has 0 aliphatic rings. The van der Waals surface area contributed by atoms with Crippen LogP contribution in [0.4, 0.5) is 5.95 Å². The first kappa shape index (κ1) is 13.0. The van der Waals surface area contributed by atoms with Crippen molar-refractivity contribution in [1.29, 1.82) is 0 Å². The minimum Gasteiger partial charge on any atom is -0.350 e.